The van der Waals surface area contributed by atoms with Crippen LogP contribution in [0.5, 0.6) is 11.5 Å². The summed E-state index contributed by atoms with van der Waals surface area (Å²) in [6.07, 6.45) is 2.38. The molecule has 0 unspecified atom stereocenters. The van der Waals surface area contributed by atoms with Gasteiger partial charge < -0.3 is 19.1 Å². The quantitative estimate of drug-likeness (QED) is 0.911. The van der Waals surface area contributed by atoms with Crippen LogP contribution in [0.2, 0.25) is 0 Å². The largest absolute Gasteiger partial charge is 0.493 e. The van der Waals surface area contributed by atoms with Crippen molar-refractivity contribution < 1.29 is 19.4 Å². The van der Waals surface area contributed by atoms with Crippen molar-refractivity contribution in [2.24, 2.45) is 0 Å². The lowest BCUT2D eigenvalue weighted by atomic mass is 10.2. The highest BCUT2D eigenvalue weighted by Gasteiger charge is 2.15. The Balaban J connectivity index is 2.54. The Labute approximate surface area is 117 Å². The first-order chi connectivity index (χ1) is 9.62. The van der Waals surface area contributed by atoms with Crippen LogP contribution in [0, 0.1) is 0 Å². The summed E-state index contributed by atoms with van der Waals surface area (Å²) in [5, 5.41) is 9.18. The molecule has 20 heavy (non-hydrogen) atoms. The summed E-state index contributed by atoms with van der Waals surface area (Å²) in [4.78, 5) is 11.2. The number of carboxylic acid groups (broad SMARTS) is 1. The van der Waals surface area contributed by atoms with Crippen LogP contribution in [0.25, 0.3) is 5.69 Å². The molecule has 0 saturated carbocycles. The number of aromatic carboxylic acids is 1. The highest BCUT2D eigenvalue weighted by atomic mass is 16.5. The third-order valence-corrected chi connectivity index (χ3v) is 3.20. The number of methoxy groups -OCH3 is 2. The van der Waals surface area contributed by atoms with E-state index in [1.54, 1.807) is 32.5 Å². The molecule has 0 radical (unpaired) electrons. The molecule has 1 aromatic heterocycles. The van der Waals surface area contributed by atoms with E-state index in [4.69, 9.17) is 9.47 Å². The van der Waals surface area contributed by atoms with Gasteiger partial charge in [-0.15, -0.1) is 0 Å². The molecule has 0 aliphatic rings. The third-order valence-electron chi connectivity index (χ3n) is 3.20. The van der Waals surface area contributed by atoms with Crippen molar-refractivity contribution in [3.63, 3.8) is 0 Å². The van der Waals surface area contributed by atoms with Gasteiger partial charge in [0, 0.05) is 23.6 Å². The molecular weight excluding hydrogens is 258 g/mol. The van der Waals surface area contributed by atoms with Crippen molar-refractivity contribution in [1.82, 2.24) is 4.57 Å². The molecule has 5 nitrogen and oxygen atoms in total. The standard InChI is InChI=1S/C15H17NO4/c1-4-12-11(15(17)18)7-8-16(12)10-5-6-13(19-2)14(9-10)20-3/h5-9H,4H2,1-3H3,(H,17,18). The minimum atomic E-state index is -0.916. The molecule has 1 aromatic carbocycles. The number of ether oxygens (including phenoxy) is 2. The molecule has 1 heterocycles. The van der Waals surface area contributed by atoms with Crippen LogP contribution in [-0.4, -0.2) is 29.9 Å². The van der Waals surface area contributed by atoms with E-state index in [-0.39, 0.29) is 0 Å². The second kappa shape index (κ2) is 5.69. The summed E-state index contributed by atoms with van der Waals surface area (Å²) in [6, 6.07) is 7.10. The monoisotopic (exact) mass is 275 g/mol. The summed E-state index contributed by atoms with van der Waals surface area (Å²) in [6.45, 7) is 1.93. The second-order valence-corrected chi connectivity index (χ2v) is 4.24. The van der Waals surface area contributed by atoms with Crippen molar-refractivity contribution in [3.05, 3.63) is 41.7 Å². The van der Waals surface area contributed by atoms with Crippen LogP contribution in [0.4, 0.5) is 0 Å². The number of carboxylic acids is 1. The highest BCUT2D eigenvalue weighted by Crippen LogP contribution is 2.30. The Morgan fingerprint density at radius 3 is 2.45 bits per heavy atom. The van der Waals surface area contributed by atoms with Gasteiger partial charge >= 0.3 is 5.97 Å². The number of hydrogen-bond acceptors (Lipinski definition) is 3. The van der Waals surface area contributed by atoms with Gasteiger partial charge in [0.1, 0.15) is 0 Å². The maximum absolute atomic E-state index is 11.2. The normalized spacial score (nSPS) is 10.3. The highest BCUT2D eigenvalue weighted by molar-refractivity contribution is 5.89. The summed E-state index contributed by atoms with van der Waals surface area (Å²) in [5.41, 5.74) is 1.92. The molecular formula is C15H17NO4. The van der Waals surface area contributed by atoms with E-state index >= 15 is 0 Å². The van der Waals surface area contributed by atoms with Crippen molar-refractivity contribution in [2.75, 3.05) is 14.2 Å². The maximum atomic E-state index is 11.2. The SMILES string of the molecule is CCc1c(C(=O)O)ccn1-c1ccc(OC)c(OC)c1. The summed E-state index contributed by atoms with van der Waals surface area (Å²) < 4.78 is 12.3. The van der Waals surface area contributed by atoms with E-state index in [1.165, 1.54) is 0 Å². The van der Waals surface area contributed by atoms with Gasteiger partial charge in [-0.2, -0.15) is 0 Å². The number of benzene rings is 1. The predicted octanol–water partition coefficient (Wildman–Crippen LogP) is 2.76. The van der Waals surface area contributed by atoms with Crippen molar-refractivity contribution in [3.8, 4) is 17.2 Å². The van der Waals surface area contributed by atoms with Gasteiger partial charge in [-0.1, -0.05) is 6.92 Å². The zero-order valence-electron chi connectivity index (χ0n) is 11.7. The first kappa shape index (κ1) is 14.0. The van der Waals surface area contributed by atoms with Gasteiger partial charge in [-0.05, 0) is 24.6 Å². The number of aromatic nitrogens is 1. The van der Waals surface area contributed by atoms with Gasteiger partial charge in [-0.25, -0.2) is 4.79 Å². The van der Waals surface area contributed by atoms with Crippen molar-refractivity contribution in [2.45, 2.75) is 13.3 Å². The molecule has 0 amide bonds. The Morgan fingerprint density at radius 1 is 1.20 bits per heavy atom. The van der Waals surface area contributed by atoms with Crippen molar-refractivity contribution in [1.29, 1.82) is 0 Å². The van der Waals surface area contributed by atoms with E-state index in [9.17, 15) is 9.90 Å². The number of hydrogen-bond donors (Lipinski definition) is 1. The lowest BCUT2D eigenvalue weighted by molar-refractivity contribution is 0.0696. The summed E-state index contributed by atoms with van der Waals surface area (Å²) >= 11 is 0. The molecule has 0 saturated heterocycles. The van der Waals surface area contributed by atoms with Gasteiger partial charge in [0.15, 0.2) is 11.5 Å². The Bertz CT molecular complexity index is 631. The fourth-order valence-corrected chi connectivity index (χ4v) is 2.24. The van der Waals surface area contributed by atoms with Crippen LogP contribution >= 0.6 is 0 Å². The van der Waals surface area contributed by atoms with Crippen LogP contribution in [0.3, 0.4) is 0 Å². The minimum Gasteiger partial charge on any atom is -0.493 e. The molecule has 106 valence electrons. The number of nitrogens with zero attached hydrogens (tertiary/aromatic N) is 1. The van der Waals surface area contributed by atoms with E-state index in [2.05, 4.69) is 0 Å². The van der Waals surface area contributed by atoms with Crippen LogP contribution < -0.4 is 9.47 Å². The molecule has 2 rings (SSSR count). The minimum absolute atomic E-state index is 0.322. The Morgan fingerprint density at radius 2 is 1.90 bits per heavy atom. The first-order valence-corrected chi connectivity index (χ1v) is 6.28. The van der Waals surface area contributed by atoms with Gasteiger partial charge in [0.25, 0.3) is 0 Å². The summed E-state index contributed by atoms with van der Waals surface area (Å²) in [7, 11) is 3.15. The molecule has 0 aliphatic carbocycles. The smallest absolute Gasteiger partial charge is 0.337 e. The molecule has 0 spiro atoms. The van der Waals surface area contributed by atoms with E-state index in [0.29, 0.717) is 23.5 Å². The van der Waals surface area contributed by atoms with Gasteiger partial charge in [0.2, 0.25) is 0 Å². The average molecular weight is 275 g/mol. The van der Waals surface area contributed by atoms with E-state index < -0.39 is 5.97 Å². The summed E-state index contributed by atoms with van der Waals surface area (Å²) in [5.74, 6) is 0.332. The second-order valence-electron chi connectivity index (χ2n) is 4.24. The van der Waals surface area contributed by atoms with E-state index in [0.717, 1.165) is 11.4 Å². The number of carbonyl (C=O) groups is 1. The Hall–Kier alpha value is -2.43. The van der Waals surface area contributed by atoms with Crippen molar-refractivity contribution >= 4 is 5.97 Å². The van der Waals surface area contributed by atoms with E-state index in [1.807, 2.05) is 23.6 Å². The molecule has 0 atom stereocenters. The Kier molecular flexibility index (Phi) is 3.98. The molecule has 2 aromatic rings. The fraction of sp³-hybridized carbons (Fsp3) is 0.267. The molecule has 1 N–H and O–H groups in total. The number of rotatable bonds is 5. The predicted molar refractivity (Wildman–Crippen MR) is 75.2 cm³/mol. The van der Waals surface area contributed by atoms with Crippen LogP contribution in [-0.2, 0) is 6.42 Å². The third kappa shape index (κ3) is 2.34. The topological polar surface area (TPSA) is 60.7 Å². The van der Waals surface area contributed by atoms with Gasteiger partial charge in [-0.3, -0.25) is 0 Å². The molecule has 5 heteroatoms. The first-order valence-electron chi connectivity index (χ1n) is 6.28. The lowest BCUT2D eigenvalue weighted by Crippen LogP contribution is -2.04. The zero-order valence-corrected chi connectivity index (χ0v) is 11.7. The molecule has 0 fully saturated rings. The van der Waals surface area contributed by atoms with Crippen LogP contribution in [0.1, 0.15) is 23.0 Å². The zero-order chi connectivity index (χ0) is 14.7. The average Bonchev–Trinajstić information content (AvgIpc) is 2.90. The molecule has 0 aliphatic heterocycles. The maximum Gasteiger partial charge on any atom is 0.337 e. The molecule has 0 bridgehead atoms. The lowest BCUT2D eigenvalue weighted by Gasteiger charge is -2.12. The van der Waals surface area contributed by atoms with Gasteiger partial charge in [0.05, 0.1) is 19.8 Å². The fourth-order valence-electron chi connectivity index (χ4n) is 2.24. The van der Waals surface area contributed by atoms with Crippen LogP contribution in [0.15, 0.2) is 30.5 Å².